The van der Waals surface area contributed by atoms with Crippen LogP contribution in [0, 0.1) is 12.8 Å². The minimum absolute atomic E-state index is 0.696. The number of hydrogen-bond donors (Lipinski definition) is 1. The predicted octanol–water partition coefficient (Wildman–Crippen LogP) is 1.20. The van der Waals surface area contributed by atoms with Gasteiger partial charge in [-0.3, -0.25) is 4.68 Å². The summed E-state index contributed by atoms with van der Waals surface area (Å²) in [5.74, 6) is 0.696. The fraction of sp³-hybridized carbons (Fsp3) is 0.700. The van der Waals surface area contributed by atoms with Crippen LogP contribution < -0.4 is 5.73 Å². The van der Waals surface area contributed by atoms with E-state index in [2.05, 4.69) is 5.10 Å². The van der Waals surface area contributed by atoms with E-state index in [1.54, 1.807) is 6.20 Å². The molecule has 1 aliphatic heterocycles. The van der Waals surface area contributed by atoms with Gasteiger partial charge in [-0.05, 0) is 25.7 Å². The van der Waals surface area contributed by atoms with Gasteiger partial charge in [0.25, 0.3) is 0 Å². The molecule has 1 aromatic rings. The molecule has 0 amide bonds. The summed E-state index contributed by atoms with van der Waals surface area (Å²) in [4.78, 5) is 0. The van der Waals surface area contributed by atoms with Crippen molar-refractivity contribution in [2.45, 2.75) is 26.3 Å². The molecule has 2 rings (SSSR count). The topological polar surface area (TPSA) is 53.1 Å². The third kappa shape index (κ3) is 1.90. The van der Waals surface area contributed by atoms with Crippen molar-refractivity contribution in [3.8, 4) is 0 Å². The summed E-state index contributed by atoms with van der Waals surface area (Å²) in [6.07, 6.45) is 4.01. The van der Waals surface area contributed by atoms with Crippen LogP contribution in [0.25, 0.3) is 0 Å². The molecular weight excluding hydrogens is 178 g/mol. The number of nitrogens with two attached hydrogens (primary N) is 1. The molecule has 1 aliphatic rings. The molecule has 0 atom stereocenters. The van der Waals surface area contributed by atoms with Gasteiger partial charge in [-0.15, -0.1) is 0 Å². The van der Waals surface area contributed by atoms with E-state index in [9.17, 15) is 0 Å². The number of nitrogen functional groups attached to an aromatic ring is 1. The van der Waals surface area contributed by atoms with E-state index < -0.39 is 0 Å². The van der Waals surface area contributed by atoms with Gasteiger partial charge in [0.1, 0.15) is 0 Å². The zero-order chi connectivity index (χ0) is 9.97. The molecule has 14 heavy (non-hydrogen) atoms. The first-order valence-corrected chi connectivity index (χ1v) is 5.13. The minimum Gasteiger partial charge on any atom is -0.396 e. The number of anilines is 1. The molecule has 0 radical (unpaired) electrons. The standard InChI is InChI=1S/C10H17N3O/c1-8-10(11)6-12-13(8)7-9-2-4-14-5-3-9/h6,9H,2-5,7,11H2,1H3. The van der Waals surface area contributed by atoms with Crippen molar-refractivity contribution >= 4 is 5.69 Å². The van der Waals surface area contributed by atoms with Gasteiger partial charge in [-0.1, -0.05) is 0 Å². The number of nitrogens with zero attached hydrogens (tertiary/aromatic N) is 2. The molecule has 1 saturated heterocycles. The van der Waals surface area contributed by atoms with Gasteiger partial charge in [0.2, 0.25) is 0 Å². The Morgan fingerprint density at radius 3 is 2.86 bits per heavy atom. The highest BCUT2D eigenvalue weighted by Gasteiger charge is 2.15. The van der Waals surface area contributed by atoms with Crippen LogP contribution in [0.2, 0.25) is 0 Å². The van der Waals surface area contributed by atoms with Crippen LogP contribution in [-0.2, 0) is 11.3 Å². The molecule has 2 N–H and O–H groups in total. The molecule has 0 spiro atoms. The van der Waals surface area contributed by atoms with E-state index >= 15 is 0 Å². The Morgan fingerprint density at radius 2 is 2.29 bits per heavy atom. The maximum absolute atomic E-state index is 5.74. The lowest BCUT2D eigenvalue weighted by Crippen LogP contribution is -2.21. The highest BCUT2D eigenvalue weighted by atomic mass is 16.5. The summed E-state index contributed by atoms with van der Waals surface area (Å²) in [5.41, 5.74) is 7.61. The maximum Gasteiger partial charge on any atom is 0.0730 e. The second kappa shape index (κ2) is 4.00. The molecule has 0 unspecified atom stereocenters. The fourth-order valence-electron chi connectivity index (χ4n) is 1.82. The van der Waals surface area contributed by atoms with Gasteiger partial charge in [-0.25, -0.2) is 0 Å². The van der Waals surface area contributed by atoms with Crippen LogP contribution >= 0.6 is 0 Å². The molecule has 4 heteroatoms. The smallest absolute Gasteiger partial charge is 0.0730 e. The normalized spacial score (nSPS) is 18.6. The monoisotopic (exact) mass is 195 g/mol. The predicted molar refractivity (Wildman–Crippen MR) is 54.9 cm³/mol. The average Bonchev–Trinajstić information content (AvgIpc) is 2.52. The van der Waals surface area contributed by atoms with Gasteiger partial charge in [0.05, 0.1) is 17.6 Å². The third-order valence-electron chi connectivity index (χ3n) is 2.91. The van der Waals surface area contributed by atoms with Crippen LogP contribution in [0.4, 0.5) is 5.69 Å². The Hall–Kier alpha value is -1.03. The Balaban J connectivity index is 1.99. The molecule has 1 aromatic heterocycles. The lowest BCUT2D eigenvalue weighted by molar-refractivity contribution is 0.0599. The van der Waals surface area contributed by atoms with Crippen molar-refractivity contribution in [3.63, 3.8) is 0 Å². The van der Waals surface area contributed by atoms with E-state index in [0.717, 1.165) is 44.0 Å². The van der Waals surface area contributed by atoms with E-state index in [4.69, 9.17) is 10.5 Å². The van der Waals surface area contributed by atoms with Crippen molar-refractivity contribution in [1.29, 1.82) is 0 Å². The minimum atomic E-state index is 0.696. The van der Waals surface area contributed by atoms with Crippen molar-refractivity contribution < 1.29 is 4.74 Å². The van der Waals surface area contributed by atoms with Crippen molar-refractivity contribution in [2.24, 2.45) is 5.92 Å². The first-order chi connectivity index (χ1) is 6.77. The van der Waals surface area contributed by atoms with Gasteiger partial charge in [0.15, 0.2) is 0 Å². The van der Waals surface area contributed by atoms with Gasteiger partial charge < -0.3 is 10.5 Å². The summed E-state index contributed by atoms with van der Waals surface area (Å²) >= 11 is 0. The van der Waals surface area contributed by atoms with E-state index in [0.29, 0.717) is 5.92 Å². The second-order valence-corrected chi connectivity index (χ2v) is 3.92. The fourth-order valence-corrected chi connectivity index (χ4v) is 1.82. The van der Waals surface area contributed by atoms with Crippen molar-refractivity contribution in [3.05, 3.63) is 11.9 Å². The lowest BCUT2D eigenvalue weighted by atomic mass is 10.0. The summed E-state index contributed by atoms with van der Waals surface area (Å²) in [5, 5.41) is 4.26. The van der Waals surface area contributed by atoms with Crippen LogP contribution in [0.15, 0.2) is 6.20 Å². The summed E-state index contributed by atoms with van der Waals surface area (Å²) < 4.78 is 7.32. The van der Waals surface area contributed by atoms with Gasteiger partial charge in [0, 0.05) is 19.8 Å². The van der Waals surface area contributed by atoms with Crippen molar-refractivity contribution in [2.75, 3.05) is 18.9 Å². The zero-order valence-corrected chi connectivity index (χ0v) is 8.57. The maximum atomic E-state index is 5.74. The third-order valence-corrected chi connectivity index (χ3v) is 2.91. The molecule has 0 aliphatic carbocycles. The van der Waals surface area contributed by atoms with Crippen LogP contribution in [0.5, 0.6) is 0 Å². The Bertz CT molecular complexity index is 302. The molecule has 2 heterocycles. The summed E-state index contributed by atoms with van der Waals surface area (Å²) in [7, 11) is 0. The highest BCUT2D eigenvalue weighted by molar-refractivity contribution is 5.39. The zero-order valence-electron chi connectivity index (χ0n) is 8.57. The molecule has 78 valence electrons. The SMILES string of the molecule is Cc1c(N)cnn1CC1CCOCC1. The van der Waals surface area contributed by atoms with Gasteiger partial charge >= 0.3 is 0 Å². The molecular formula is C10H17N3O. The van der Waals surface area contributed by atoms with Crippen LogP contribution in [0.1, 0.15) is 18.5 Å². The van der Waals surface area contributed by atoms with E-state index in [-0.39, 0.29) is 0 Å². The lowest BCUT2D eigenvalue weighted by Gasteiger charge is -2.22. The molecule has 4 nitrogen and oxygen atoms in total. The Morgan fingerprint density at radius 1 is 1.57 bits per heavy atom. The average molecular weight is 195 g/mol. The second-order valence-electron chi connectivity index (χ2n) is 3.92. The first-order valence-electron chi connectivity index (χ1n) is 5.13. The van der Waals surface area contributed by atoms with Crippen LogP contribution in [-0.4, -0.2) is 23.0 Å². The number of hydrogen-bond acceptors (Lipinski definition) is 3. The van der Waals surface area contributed by atoms with Gasteiger partial charge in [-0.2, -0.15) is 5.10 Å². The molecule has 1 fully saturated rings. The number of rotatable bonds is 2. The molecule has 0 bridgehead atoms. The Labute approximate surface area is 84.0 Å². The molecule has 0 aromatic carbocycles. The molecule has 0 saturated carbocycles. The Kier molecular flexibility index (Phi) is 2.72. The number of ether oxygens (including phenoxy) is 1. The quantitative estimate of drug-likeness (QED) is 0.771. The summed E-state index contributed by atoms with van der Waals surface area (Å²) in [6.45, 7) is 4.77. The van der Waals surface area contributed by atoms with E-state index in [1.165, 1.54) is 0 Å². The first kappa shape index (κ1) is 9.52. The summed E-state index contributed by atoms with van der Waals surface area (Å²) in [6, 6.07) is 0. The largest absolute Gasteiger partial charge is 0.396 e. The van der Waals surface area contributed by atoms with E-state index in [1.807, 2.05) is 11.6 Å². The number of aromatic nitrogens is 2. The van der Waals surface area contributed by atoms with Crippen LogP contribution in [0.3, 0.4) is 0 Å². The highest BCUT2D eigenvalue weighted by Crippen LogP contribution is 2.18. The van der Waals surface area contributed by atoms with Crippen molar-refractivity contribution in [1.82, 2.24) is 9.78 Å².